The Morgan fingerprint density at radius 1 is 1.32 bits per heavy atom. The van der Waals surface area contributed by atoms with Crippen molar-refractivity contribution in [2.75, 3.05) is 32.8 Å². The first-order valence-corrected chi connectivity index (χ1v) is 8.43. The van der Waals surface area contributed by atoms with E-state index in [0.717, 1.165) is 52.1 Å². The summed E-state index contributed by atoms with van der Waals surface area (Å²) in [5.41, 5.74) is 3.10. The molecule has 2 saturated heterocycles. The van der Waals surface area contributed by atoms with Gasteiger partial charge in [0.15, 0.2) is 0 Å². The number of hydrogen-bond acceptors (Lipinski definition) is 5. The van der Waals surface area contributed by atoms with Gasteiger partial charge in [-0.2, -0.15) is 0 Å². The Bertz CT molecular complexity index is 364. The van der Waals surface area contributed by atoms with Gasteiger partial charge in [0, 0.05) is 31.7 Å². The van der Waals surface area contributed by atoms with Crippen LogP contribution in [0, 0.1) is 0 Å². The van der Waals surface area contributed by atoms with E-state index >= 15 is 0 Å². The van der Waals surface area contributed by atoms with Crippen molar-refractivity contribution in [2.45, 2.75) is 64.6 Å². The van der Waals surface area contributed by atoms with E-state index < -0.39 is 5.60 Å². The lowest BCUT2D eigenvalue weighted by molar-refractivity contribution is 0.000521. The average molecular weight is 313 g/mol. The van der Waals surface area contributed by atoms with Crippen molar-refractivity contribution in [1.82, 2.24) is 15.3 Å². The van der Waals surface area contributed by atoms with E-state index in [4.69, 9.17) is 9.47 Å². The Hall–Kier alpha value is -0.850. The van der Waals surface area contributed by atoms with Crippen LogP contribution in [0.2, 0.25) is 0 Å². The van der Waals surface area contributed by atoms with E-state index in [-0.39, 0.29) is 12.1 Å². The molecule has 2 unspecified atom stereocenters. The highest BCUT2D eigenvalue weighted by Gasteiger charge is 2.33. The number of rotatable bonds is 4. The number of ether oxygens (including phenoxy) is 2. The van der Waals surface area contributed by atoms with E-state index in [1.807, 2.05) is 25.7 Å². The van der Waals surface area contributed by atoms with Crippen molar-refractivity contribution >= 4 is 6.09 Å². The molecule has 0 aliphatic carbocycles. The number of morpholine rings is 1. The third-order valence-corrected chi connectivity index (χ3v) is 4.04. The zero-order valence-electron chi connectivity index (χ0n) is 14.4. The number of nitrogens with zero attached hydrogens (tertiary/aromatic N) is 2. The average Bonchev–Trinajstić information content (AvgIpc) is 2.86. The zero-order valence-corrected chi connectivity index (χ0v) is 14.4. The van der Waals surface area contributed by atoms with Gasteiger partial charge in [0.2, 0.25) is 0 Å². The van der Waals surface area contributed by atoms with Crippen molar-refractivity contribution in [1.29, 1.82) is 0 Å². The highest BCUT2D eigenvalue weighted by Crippen LogP contribution is 2.24. The Labute approximate surface area is 134 Å². The van der Waals surface area contributed by atoms with Gasteiger partial charge in [0.1, 0.15) is 5.60 Å². The molecule has 0 bridgehead atoms. The van der Waals surface area contributed by atoms with Crippen LogP contribution in [0.5, 0.6) is 0 Å². The molecule has 6 nitrogen and oxygen atoms in total. The van der Waals surface area contributed by atoms with Crippen LogP contribution in [-0.2, 0) is 9.47 Å². The van der Waals surface area contributed by atoms with E-state index in [1.165, 1.54) is 0 Å². The number of likely N-dealkylation sites (tertiary alicyclic amines) is 1. The second-order valence-corrected chi connectivity index (χ2v) is 7.34. The summed E-state index contributed by atoms with van der Waals surface area (Å²) >= 11 is 0. The van der Waals surface area contributed by atoms with Crippen molar-refractivity contribution in [3.05, 3.63) is 0 Å². The summed E-state index contributed by atoms with van der Waals surface area (Å²) in [6, 6.07) is 0.615. The summed E-state index contributed by atoms with van der Waals surface area (Å²) in [6.45, 7) is 12.1. The fourth-order valence-corrected chi connectivity index (χ4v) is 3.11. The molecule has 0 aromatic carbocycles. The summed E-state index contributed by atoms with van der Waals surface area (Å²) in [6.07, 6.45) is 2.91. The summed E-state index contributed by atoms with van der Waals surface area (Å²) in [7, 11) is 0. The van der Waals surface area contributed by atoms with Crippen LogP contribution < -0.4 is 5.43 Å². The summed E-state index contributed by atoms with van der Waals surface area (Å²) in [4.78, 5) is 14.2. The third kappa shape index (κ3) is 5.41. The Kier molecular flexibility index (Phi) is 6.06. The van der Waals surface area contributed by atoms with Crippen LogP contribution in [0.1, 0.15) is 47.0 Å². The molecule has 0 radical (unpaired) electrons. The molecular formula is C16H31N3O3. The Morgan fingerprint density at radius 2 is 2.00 bits per heavy atom. The quantitative estimate of drug-likeness (QED) is 0.860. The smallest absolute Gasteiger partial charge is 0.410 e. The minimum Gasteiger partial charge on any atom is -0.444 e. The number of hydrazine groups is 1. The van der Waals surface area contributed by atoms with E-state index in [2.05, 4.69) is 17.4 Å². The fraction of sp³-hybridized carbons (Fsp3) is 0.938. The highest BCUT2D eigenvalue weighted by molar-refractivity contribution is 5.68. The molecule has 2 aliphatic rings. The molecule has 1 N–H and O–H groups in total. The van der Waals surface area contributed by atoms with Crippen LogP contribution >= 0.6 is 0 Å². The van der Waals surface area contributed by atoms with Gasteiger partial charge in [-0.15, -0.1) is 0 Å². The van der Waals surface area contributed by atoms with Gasteiger partial charge in [-0.3, -0.25) is 5.43 Å². The second kappa shape index (κ2) is 7.62. The lowest BCUT2D eigenvalue weighted by Gasteiger charge is -2.33. The number of carbonyl (C=O) groups is 1. The molecule has 6 heteroatoms. The first-order valence-electron chi connectivity index (χ1n) is 8.43. The molecule has 2 aliphatic heterocycles. The van der Waals surface area contributed by atoms with Crippen LogP contribution in [0.15, 0.2) is 0 Å². The zero-order chi connectivity index (χ0) is 16.2. The Balaban J connectivity index is 1.81. The molecule has 0 aromatic heterocycles. The molecule has 2 heterocycles. The van der Waals surface area contributed by atoms with Gasteiger partial charge < -0.3 is 14.4 Å². The van der Waals surface area contributed by atoms with E-state index in [0.29, 0.717) is 6.04 Å². The second-order valence-electron chi connectivity index (χ2n) is 7.34. The normalized spacial score (nSPS) is 25.3. The minimum absolute atomic E-state index is 0.173. The third-order valence-electron chi connectivity index (χ3n) is 4.04. The Morgan fingerprint density at radius 3 is 2.64 bits per heavy atom. The maximum atomic E-state index is 12.3. The number of carbonyl (C=O) groups excluding carboxylic acids is 1. The predicted molar refractivity (Wildman–Crippen MR) is 85.6 cm³/mol. The largest absolute Gasteiger partial charge is 0.444 e. The highest BCUT2D eigenvalue weighted by atomic mass is 16.6. The standard InChI is InChI=1S/C16H31N3O3/c1-13(17-18-8-10-21-11-9-18)12-14-6-5-7-19(14)15(20)22-16(2,3)4/h13-14,17H,5-12H2,1-4H3. The van der Waals surface area contributed by atoms with Crippen molar-refractivity contribution in [3.8, 4) is 0 Å². The van der Waals surface area contributed by atoms with Crippen LogP contribution in [0.3, 0.4) is 0 Å². The molecular weight excluding hydrogens is 282 g/mol. The first kappa shape index (κ1) is 17.5. The van der Waals surface area contributed by atoms with Gasteiger partial charge >= 0.3 is 6.09 Å². The van der Waals surface area contributed by atoms with Crippen molar-refractivity contribution in [3.63, 3.8) is 0 Å². The molecule has 2 atom stereocenters. The molecule has 1 amide bonds. The molecule has 22 heavy (non-hydrogen) atoms. The van der Waals surface area contributed by atoms with Crippen molar-refractivity contribution in [2.24, 2.45) is 0 Å². The van der Waals surface area contributed by atoms with Gasteiger partial charge in [-0.05, 0) is 47.0 Å². The lowest BCUT2D eigenvalue weighted by Crippen LogP contribution is -2.51. The van der Waals surface area contributed by atoms with Crippen molar-refractivity contribution < 1.29 is 14.3 Å². The van der Waals surface area contributed by atoms with Crippen LogP contribution in [-0.4, -0.2) is 66.5 Å². The summed E-state index contributed by atoms with van der Waals surface area (Å²) in [5, 5.41) is 2.22. The first-order chi connectivity index (χ1) is 10.3. The molecule has 0 spiro atoms. The van der Waals surface area contributed by atoms with Gasteiger partial charge in [0.25, 0.3) is 0 Å². The summed E-state index contributed by atoms with van der Waals surface area (Å²) in [5.74, 6) is 0. The maximum absolute atomic E-state index is 12.3. The molecule has 128 valence electrons. The SMILES string of the molecule is CC(CC1CCCN1C(=O)OC(C)(C)C)NN1CCOCC1. The number of hydrogen-bond donors (Lipinski definition) is 1. The molecule has 2 rings (SSSR count). The van der Waals surface area contributed by atoms with Crippen LogP contribution in [0.4, 0.5) is 4.79 Å². The van der Waals surface area contributed by atoms with Crippen LogP contribution in [0.25, 0.3) is 0 Å². The van der Waals surface area contributed by atoms with E-state index in [9.17, 15) is 4.79 Å². The van der Waals surface area contributed by atoms with E-state index in [1.54, 1.807) is 0 Å². The number of amides is 1. The maximum Gasteiger partial charge on any atom is 0.410 e. The molecule has 0 aromatic rings. The number of nitrogens with one attached hydrogen (secondary N) is 1. The topological polar surface area (TPSA) is 54.0 Å². The monoisotopic (exact) mass is 313 g/mol. The fourth-order valence-electron chi connectivity index (χ4n) is 3.11. The van der Waals surface area contributed by atoms with Gasteiger partial charge in [0.05, 0.1) is 13.2 Å². The molecule has 0 saturated carbocycles. The molecule has 2 fully saturated rings. The lowest BCUT2D eigenvalue weighted by atomic mass is 10.1. The van der Waals surface area contributed by atoms with Gasteiger partial charge in [-0.1, -0.05) is 0 Å². The summed E-state index contributed by atoms with van der Waals surface area (Å²) < 4.78 is 10.9. The minimum atomic E-state index is -0.429. The van der Waals surface area contributed by atoms with Gasteiger partial charge in [-0.25, -0.2) is 9.80 Å². The predicted octanol–water partition coefficient (Wildman–Crippen LogP) is 2.00.